The summed E-state index contributed by atoms with van der Waals surface area (Å²) in [5.41, 5.74) is -0.416. The molecule has 0 spiro atoms. The van der Waals surface area contributed by atoms with Crippen LogP contribution in [0, 0.1) is 16.0 Å². The molecule has 0 saturated carbocycles. The smallest absolute Gasteiger partial charge is 0.340 e. The Morgan fingerprint density at radius 3 is 2.68 bits per heavy atom. The molecule has 0 aliphatic carbocycles. The molecule has 0 radical (unpaired) electrons. The normalized spacial score (nSPS) is 11.6. The van der Waals surface area contributed by atoms with Crippen molar-refractivity contribution in [3.05, 3.63) is 38.9 Å². The van der Waals surface area contributed by atoms with Gasteiger partial charge in [0.25, 0.3) is 11.6 Å². The summed E-state index contributed by atoms with van der Waals surface area (Å²) in [6.07, 6.45) is 4.21. The number of esters is 1. The number of nitrogens with one attached hydrogen (secondary N) is 1. The topological polar surface area (TPSA) is 98.5 Å². The van der Waals surface area contributed by atoms with Crippen molar-refractivity contribution < 1.29 is 19.2 Å². The Labute approximate surface area is 151 Å². The first-order chi connectivity index (χ1) is 11.9. The van der Waals surface area contributed by atoms with Crippen molar-refractivity contribution in [3.8, 4) is 0 Å². The van der Waals surface area contributed by atoms with E-state index in [0.29, 0.717) is 12.5 Å². The number of rotatable bonds is 10. The second-order valence-electron chi connectivity index (χ2n) is 5.72. The summed E-state index contributed by atoms with van der Waals surface area (Å²) in [6, 6.07) is 3.46. The largest absolute Gasteiger partial charge is 0.452 e. The average molecular weight is 371 g/mol. The molecule has 8 heteroatoms. The second-order valence-corrected chi connectivity index (χ2v) is 6.13. The summed E-state index contributed by atoms with van der Waals surface area (Å²) in [6.45, 7) is 4.26. The van der Waals surface area contributed by atoms with Gasteiger partial charge in [0.2, 0.25) is 0 Å². The predicted octanol–water partition coefficient (Wildman–Crippen LogP) is 3.74. The van der Waals surface area contributed by atoms with E-state index in [1.165, 1.54) is 12.1 Å². The number of ether oxygens (including phenoxy) is 1. The number of nitro groups is 1. The average Bonchev–Trinajstić information content (AvgIpc) is 2.60. The molecule has 1 aromatic rings. The lowest BCUT2D eigenvalue weighted by atomic mass is 9.99. The minimum absolute atomic E-state index is 0.0293. The van der Waals surface area contributed by atoms with Crippen LogP contribution in [0.4, 0.5) is 5.69 Å². The van der Waals surface area contributed by atoms with Crippen LogP contribution in [0.1, 0.15) is 49.9 Å². The number of hydrogen-bond acceptors (Lipinski definition) is 5. The van der Waals surface area contributed by atoms with Crippen LogP contribution in [0.2, 0.25) is 5.02 Å². The first-order valence-electron chi connectivity index (χ1n) is 8.26. The number of nitro benzene ring substituents is 1. The molecule has 1 rings (SSSR count). The van der Waals surface area contributed by atoms with Gasteiger partial charge in [-0.05, 0) is 18.4 Å². The van der Waals surface area contributed by atoms with E-state index in [-0.39, 0.29) is 16.3 Å². The Morgan fingerprint density at radius 1 is 1.36 bits per heavy atom. The van der Waals surface area contributed by atoms with Crippen LogP contribution < -0.4 is 5.32 Å². The number of nitrogens with zero attached hydrogens (tertiary/aromatic N) is 1. The van der Waals surface area contributed by atoms with Crippen molar-refractivity contribution in [3.63, 3.8) is 0 Å². The molecule has 0 aliphatic heterocycles. The second kappa shape index (κ2) is 10.7. The molecule has 0 fully saturated rings. The number of benzene rings is 1. The minimum atomic E-state index is -0.873. The molecular formula is C17H23ClN2O5. The SMILES string of the molecule is CCCC[C@@H](CC)CNC(=O)COC(=O)c1cc([N+](=O)[O-])ccc1Cl. The minimum Gasteiger partial charge on any atom is -0.452 e. The molecule has 0 heterocycles. The van der Waals surface area contributed by atoms with Gasteiger partial charge in [-0.25, -0.2) is 4.79 Å². The lowest BCUT2D eigenvalue weighted by Gasteiger charge is -2.15. The standard InChI is InChI=1S/C17H23ClN2O5/c1-3-5-6-12(4-2)10-19-16(21)11-25-17(22)14-9-13(20(23)24)7-8-15(14)18/h7-9,12H,3-6,10-11H2,1-2H3,(H,19,21)/t12-/m1/s1. The van der Waals surface area contributed by atoms with Crippen molar-refractivity contribution in [2.24, 2.45) is 5.92 Å². The van der Waals surface area contributed by atoms with E-state index >= 15 is 0 Å². The van der Waals surface area contributed by atoms with E-state index < -0.39 is 23.4 Å². The van der Waals surface area contributed by atoms with Crippen LogP contribution >= 0.6 is 11.6 Å². The Kier molecular flexibility index (Phi) is 8.91. The molecule has 0 bridgehead atoms. The lowest BCUT2D eigenvalue weighted by molar-refractivity contribution is -0.384. The van der Waals surface area contributed by atoms with Crippen LogP contribution in [0.25, 0.3) is 0 Å². The zero-order valence-electron chi connectivity index (χ0n) is 14.4. The lowest BCUT2D eigenvalue weighted by Crippen LogP contribution is -2.33. The maximum atomic E-state index is 12.0. The third-order valence-electron chi connectivity index (χ3n) is 3.85. The molecule has 1 atom stereocenters. The molecule has 1 N–H and O–H groups in total. The van der Waals surface area contributed by atoms with Crippen molar-refractivity contribution >= 4 is 29.2 Å². The highest BCUT2D eigenvalue weighted by molar-refractivity contribution is 6.33. The van der Waals surface area contributed by atoms with Gasteiger partial charge in [-0.3, -0.25) is 14.9 Å². The molecule has 0 aromatic heterocycles. The fraction of sp³-hybridized carbons (Fsp3) is 0.529. The number of halogens is 1. The van der Waals surface area contributed by atoms with Gasteiger partial charge in [0, 0.05) is 18.7 Å². The summed E-state index contributed by atoms with van der Waals surface area (Å²) in [4.78, 5) is 33.9. The van der Waals surface area contributed by atoms with Crippen LogP contribution in [0.3, 0.4) is 0 Å². The predicted molar refractivity (Wildman–Crippen MR) is 94.7 cm³/mol. The summed E-state index contributed by atoms with van der Waals surface area (Å²) in [5, 5.41) is 13.5. The van der Waals surface area contributed by atoms with Crippen molar-refractivity contribution in [2.75, 3.05) is 13.2 Å². The highest BCUT2D eigenvalue weighted by Crippen LogP contribution is 2.22. The number of carbonyl (C=O) groups is 2. The third-order valence-corrected chi connectivity index (χ3v) is 4.18. The van der Waals surface area contributed by atoms with Crippen molar-refractivity contribution in [2.45, 2.75) is 39.5 Å². The van der Waals surface area contributed by atoms with Crippen molar-refractivity contribution in [1.29, 1.82) is 0 Å². The summed E-state index contributed by atoms with van der Waals surface area (Å²) in [5.74, 6) is -0.891. The Bertz CT molecular complexity index is 621. The van der Waals surface area contributed by atoms with E-state index in [4.69, 9.17) is 16.3 Å². The third kappa shape index (κ3) is 7.09. The van der Waals surface area contributed by atoms with Crippen LogP contribution in [0.15, 0.2) is 18.2 Å². The first-order valence-corrected chi connectivity index (χ1v) is 8.64. The first kappa shape index (κ1) is 20.9. The van der Waals surface area contributed by atoms with Gasteiger partial charge in [-0.1, -0.05) is 44.7 Å². The fourth-order valence-corrected chi connectivity index (χ4v) is 2.44. The molecular weight excluding hydrogens is 348 g/mol. The van der Waals surface area contributed by atoms with Crippen LogP contribution in [0.5, 0.6) is 0 Å². The molecule has 25 heavy (non-hydrogen) atoms. The van der Waals surface area contributed by atoms with Gasteiger partial charge in [-0.2, -0.15) is 0 Å². The molecule has 7 nitrogen and oxygen atoms in total. The highest BCUT2D eigenvalue weighted by atomic mass is 35.5. The van der Waals surface area contributed by atoms with Gasteiger partial charge in [0.1, 0.15) is 0 Å². The number of unbranched alkanes of at least 4 members (excludes halogenated alkanes) is 1. The molecule has 0 saturated heterocycles. The molecule has 0 unspecified atom stereocenters. The summed E-state index contributed by atoms with van der Waals surface area (Å²) >= 11 is 5.86. The summed E-state index contributed by atoms with van der Waals surface area (Å²) in [7, 11) is 0. The van der Waals surface area contributed by atoms with Crippen molar-refractivity contribution in [1.82, 2.24) is 5.32 Å². The maximum Gasteiger partial charge on any atom is 0.340 e. The van der Waals surface area contributed by atoms with Gasteiger partial charge in [0.15, 0.2) is 6.61 Å². The zero-order valence-corrected chi connectivity index (χ0v) is 15.2. The Morgan fingerprint density at radius 2 is 2.08 bits per heavy atom. The van der Waals surface area contributed by atoms with E-state index in [0.717, 1.165) is 31.7 Å². The quantitative estimate of drug-likeness (QED) is 0.384. The van der Waals surface area contributed by atoms with Gasteiger partial charge >= 0.3 is 5.97 Å². The van der Waals surface area contributed by atoms with Crippen LogP contribution in [-0.2, 0) is 9.53 Å². The van der Waals surface area contributed by atoms with Crippen LogP contribution in [-0.4, -0.2) is 30.0 Å². The Balaban J connectivity index is 2.52. The fourth-order valence-electron chi connectivity index (χ4n) is 2.24. The molecule has 1 amide bonds. The molecule has 1 aromatic carbocycles. The number of carbonyl (C=O) groups excluding carboxylic acids is 2. The number of amides is 1. The number of non-ortho nitro benzene ring substituents is 1. The van der Waals surface area contributed by atoms with E-state index in [9.17, 15) is 19.7 Å². The van der Waals surface area contributed by atoms with Gasteiger partial charge < -0.3 is 10.1 Å². The summed E-state index contributed by atoms with van der Waals surface area (Å²) < 4.78 is 4.89. The monoisotopic (exact) mass is 370 g/mol. The van der Waals surface area contributed by atoms with E-state index in [1.807, 2.05) is 0 Å². The van der Waals surface area contributed by atoms with E-state index in [1.54, 1.807) is 0 Å². The Hall–Kier alpha value is -2.15. The molecule has 138 valence electrons. The number of hydrogen-bond donors (Lipinski definition) is 1. The highest BCUT2D eigenvalue weighted by Gasteiger charge is 2.18. The van der Waals surface area contributed by atoms with Gasteiger partial charge in [0.05, 0.1) is 15.5 Å². The van der Waals surface area contributed by atoms with Gasteiger partial charge in [-0.15, -0.1) is 0 Å². The zero-order chi connectivity index (χ0) is 18.8. The van der Waals surface area contributed by atoms with E-state index in [2.05, 4.69) is 19.2 Å². The molecule has 0 aliphatic rings. The maximum absolute atomic E-state index is 12.0.